The molecule has 0 saturated heterocycles. The Morgan fingerprint density at radius 1 is 1.41 bits per heavy atom. The van der Waals surface area contributed by atoms with E-state index in [1.165, 1.54) is 6.92 Å². The van der Waals surface area contributed by atoms with E-state index in [1.54, 1.807) is 17.1 Å². The molecule has 0 aromatic carbocycles. The molecule has 0 unspecified atom stereocenters. The highest BCUT2D eigenvalue weighted by molar-refractivity contribution is 5.72. The molecular weight excluding hydrogens is 216 g/mol. The van der Waals surface area contributed by atoms with Crippen molar-refractivity contribution in [2.45, 2.75) is 13.5 Å². The van der Waals surface area contributed by atoms with Crippen molar-refractivity contribution >= 4 is 5.91 Å². The van der Waals surface area contributed by atoms with Crippen LogP contribution in [0.4, 0.5) is 0 Å². The summed E-state index contributed by atoms with van der Waals surface area (Å²) in [5.74, 6) is -0.0404. The average Bonchev–Trinajstić information content (AvgIpc) is 2.74. The molecule has 0 saturated carbocycles. The van der Waals surface area contributed by atoms with Crippen LogP contribution in [0.25, 0.3) is 11.3 Å². The Hall–Kier alpha value is -2.17. The Kier molecular flexibility index (Phi) is 3.18. The molecule has 0 bridgehead atoms. The van der Waals surface area contributed by atoms with E-state index in [4.69, 9.17) is 0 Å². The Bertz CT molecular complexity index is 516. The molecule has 5 heteroatoms. The lowest BCUT2D eigenvalue weighted by molar-refractivity contribution is -0.119. The van der Waals surface area contributed by atoms with Gasteiger partial charge >= 0.3 is 0 Å². The van der Waals surface area contributed by atoms with Crippen molar-refractivity contribution in [3.63, 3.8) is 0 Å². The summed E-state index contributed by atoms with van der Waals surface area (Å²) in [6.45, 7) is 2.01. The smallest absolute Gasteiger partial charge is 0.217 e. The quantitative estimate of drug-likeness (QED) is 0.859. The Balaban J connectivity index is 2.10. The molecule has 0 atom stereocenters. The predicted octanol–water partition coefficient (Wildman–Crippen LogP) is 1.12. The van der Waals surface area contributed by atoms with Gasteiger partial charge in [0.05, 0.1) is 11.9 Å². The lowest BCUT2D eigenvalue weighted by Crippen LogP contribution is -2.18. The summed E-state index contributed by atoms with van der Waals surface area (Å²) >= 11 is 0. The van der Waals surface area contributed by atoms with Crippen LogP contribution in [0.1, 0.15) is 12.5 Å². The SMILES string of the molecule is CC(=O)NCc1ccc(-c2cnn(C)c2)nc1. The number of pyridine rings is 1. The van der Waals surface area contributed by atoms with E-state index >= 15 is 0 Å². The number of aromatic nitrogens is 3. The molecule has 1 amide bonds. The number of aryl methyl sites for hydroxylation is 1. The number of rotatable bonds is 3. The van der Waals surface area contributed by atoms with Gasteiger partial charge in [-0.05, 0) is 11.6 Å². The maximum atomic E-state index is 10.8. The van der Waals surface area contributed by atoms with E-state index in [0.717, 1.165) is 16.8 Å². The molecule has 0 fully saturated rings. The van der Waals surface area contributed by atoms with Gasteiger partial charge in [0.15, 0.2) is 0 Å². The molecule has 0 aliphatic carbocycles. The third-order valence-corrected chi connectivity index (χ3v) is 2.37. The zero-order valence-corrected chi connectivity index (χ0v) is 9.84. The summed E-state index contributed by atoms with van der Waals surface area (Å²) in [6, 6.07) is 3.87. The van der Waals surface area contributed by atoms with Gasteiger partial charge in [-0.25, -0.2) is 0 Å². The first-order valence-electron chi connectivity index (χ1n) is 5.33. The predicted molar refractivity (Wildman–Crippen MR) is 64.0 cm³/mol. The van der Waals surface area contributed by atoms with Gasteiger partial charge < -0.3 is 5.32 Å². The number of amides is 1. The Morgan fingerprint density at radius 2 is 2.24 bits per heavy atom. The number of carbonyl (C=O) groups excluding carboxylic acids is 1. The zero-order chi connectivity index (χ0) is 12.3. The van der Waals surface area contributed by atoms with E-state index in [-0.39, 0.29) is 5.91 Å². The normalized spacial score (nSPS) is 10.2. The molecule has 2 rings (SSSR count). The summed E-state index contributed by atoms with van der Waals surface area (Å²) in [5.41, 5.74) is 2.84. The molecular formula is C12H14N4O. The van der Waals surface area contributed by atoms with Crippen molar-refractivity contribution in [3.05, 3.63) is 36.3 Å². The number of carbonyl (C=O) groups is 1. The van der Waals surface area contributed by atoms with Crippen LogP contribution >= 0.6 is 0 Å². The molecule has 17 heavy (non-hydrogen) atoms. The molecule has 2 aromatic heterocycles. The van der Waals surface area contributed by atoms with Crippen LogP contribution in [-0.4, -0.2) is 20.7 Å². The highest BCUT2D eigenvalue weighted by Gasteiger charge is 2.02. The van der Waals surface area contributed by atoms with Gasteiger partial charge in [0, 0.05) is 38.5 Å². The van der Waals surface area contributed by atoms with Crippen LogP contribution in [0.3, 0.4) is 0 Å². The number of hydrogen-bond donors (Lipinski definition) is 1. The minimum absolute atomic E-state index is 0.0404. The van der Waals surface area contributed by atoms with E-state index in [1.807, 2.05) is 25.4 Å². The molecule has 2 aromatic rings. The first-order valence-corrected chi connectivity index (χ1v) is 5.33. The van der Waals surface area contributed by atoms with E-state index in [9.17, 15) is 4.79 Å². The summed E-state index contributed by atoms with van der Waals surface area (Å²) in [5, 5.41) is 6.82. The van der Waals surface area contributed by atoms with Crippen LogP contribution in [0, 0.1) is 0 Å². The second kappa shape index (κ2) is 4.78. The fourth-order valence-electron chi connectivity index (χ4n) is 1.48. The Labute approximate surface area is 99.5 Å². The van der Waals surface area contributed by atoms with Crippen molar-refractivity contribution in [1.29, 1.82) is 0 Å². The summed E-state index contributed by atoms with van der Waals surface area (Å²) in [6.07, 6.45) is 5.45. The lowest BCUT2D eigenvalue weighted by Gasteiger charge is -2.02. The number of nitrogens with one attached hydrogen (secondary N) is 1. The number of nitrogens with zero attached hydrogens (tertiary/aromatic N) is 3. The van der Waals surface area contributed by atoms with E-state index in [0.29, 0.717) is 6.54 Å². The topological polar surface area (TPSA) is 59.8 Å². The Morgan fingerprint density at radius 3 is 2.76 bits per heavy atom. The highest BCUT2D eigenvalue weighted by atomic mass is 16.1. The fraction of sp³-hybridized carbons (Fsp3) is 0.250. The van der Waals surface area contributed by atoms with Gasteiger partial charge in [-0.3, -0.25) is 14.5 Å². The third kappa shape index (κ3) is 2.90. The molecule has 1 N–H and O–H groups in total. The molecule has 5 nitrogen and oxygen atoms in total. The van der Waals surface area contributed by atoms with Crippen LogP contribution in [0.2, 0.25) is 0 Å². The zero-order valence-electron chi connectivity index (χ0n) is 9.84. The van der Waals surface area contributed by atoms with E-state index < -0.39 is 0 Å². The first kappa shape index (κ1) is 11.3. The van der Waals surface area contributed by atoms with Gasteiger partial charge in [-0.2, -0.15) is 5.10 Å². The highest BCUT2D eigenvalue weighted by Crippen LogP contribution is 2.15. The monoisotopic (exact) mass is 230 g/mol. The van der Waals surface area contributed by atoms with Crippen molar-refractivity contribution in [3.8, 4) is 11.3 Å². The average molecular weight is 230 g/mol. The van der Waals surface area contributed by atoms with Gasteiger partial charge in [0.2, 0.25) is 5.91 Å². The summed E-state index contributed by atoms with van der Waals surface area (Å²) in [4.78, 5) is 15.1. The van der Waals surface area contributed by atoms with Gasteiger partial charge in [-0.1, -0.05) is 6.07 Å². The van der Waals surface area contributed by atoms with E-state index in [2.05, 4.69) is 15.4 Å². The fourth-order valence-corrected chi connectivity index (χ4v) is 1.48. The van der Waals surface area contributed by atoms with Crippen molar-refractivity contribution in [1.82, 2.24) is 20.1 Å². The van der Waals surface area contributed by atoms with Crippen LogP contribution in [-0.2, 0) is 18.4 Å². The molecule has 88 valence electrons. The molecule has 0 aliphatic rings. The maximum absolute atomic E-state index is 10.8. The third-order valence-electron chi connectivity index (χ3n) is 2.37. The van der Waals surface area contributed by atoms with Crippen LogP contribution in [0.15, 0.2) is 30.7 Å². The second-order valence-electron chi connectivity index (χ2n) is 3.86. The van der Waals surface area contributed by atoms with Crippen molar-refractivity contribution < 1.29 is 4.79 Å². The molecule has 0 spiro atoms. The molecule has 2 heterocycles. The molecule has 0 aliphatic heterocycles. The van der Waals surface area contributed by atoms with Crippen molar-refractivity contribution in [2.24, 2.45) is 7.05 Å². The first-order chi connectivity index (χ1) is 8.15. The maximum Gasteiger partial charge on any atom is 0.217 e. The van der Waals surface area contributed by atoms with Gasteiger partial charge in [0.1, 0.15) is 0 Å². The lowest BCUT2D eigenvalue weighted by atomic mass is 10.2. The largest absolute Gasteiger partial charge is 0.352 e. The standard InChI is InChI=1S/C12H14N4O/c1-9(17)13-5-10-3-4-12(14-6-10)11-7-15-16(2)8-11/h3-4,6-8H,5H2,1-2H3,(H,13,17). The van der Waals surface area contributed by atoms with Crippen LogP contribution < -0.4 is 5.32 Å². The second-order valence-corrected chi connectivity index (χ2v) is 3.86. The van der Waals surface area contributed by atoms with Crippen molar-refractivity contribution in [2.75, 3.05) is 0 Å². The molecule has 0 radical (unpaired) electrons. The number of hydrogen-bond acceptors (Lipinski definition) is 3. The minimum Gasteiger partial charge on any atom is -0.352 e. The van der Waals surface area contributed by atoms with Gasteiger partial charge in [-0.15, -0.1) is 0 Å². The summed E-state index contributed by atoms with van der Waals surface area (Å²) in [7, 11) is 1.87. The van der Waals surface area contributed by atoms with Gasteiger partial charge in [0.25, 0.3) is 0 Å². The minimum atomic E-state index is -0.0404. The van der Waals surface area contributed by atoms with Crippen LogP contribution in [0.5, 0.6) is 0 Å². The summed E-state index contributed by atoms with van der Waals surface area (Å²) < 4.78 is 1.74.